The van der Waals surface area contributed by atoms with Gasteiger partial charge in [-0.3, -0.25) is 0 Å². The molecule has 1 heterocycles. The first-order valence-corrected chi connectivity index (χ1v) is 4.62. The Bertz CT molecular complexity index is 415. The number of benzene rings is 1. The van der Waals surface area contributed by atoms with Gasteiger partial charge in [0.1, 0.15) is 12.7 Å². The normalized spacial score (nSPS) is 11.9. The van der Waals surface area contributed by atoms with Gasteiger partial charge in [0.05, 0.1) is 18.3 Å². The Balaban J connectivity index is 0.00000128. The first-order valence-electron chi connectivity index (χ1n) is 4.62. The van der Waals surface area contributed by atoms with Crippen molar-refractivity contribution in [2.75, 3.05) is 6.61 Å². The number of aliphatic hydroxyl groups is 1. The van der Waals surface area contributed by atoms with Crippen LogP contribution in [0.3, 0.4) is 0 Å². The van der Waals surface area contributed by atoms with Crippen LogP contribution < -0.4 is 5.73 Å². The second kappa shape index (κ2) is 5.60. The summed E-state index contributed by atoms with van der Waals surface area (Å²) in [4.78, 5) is 3.86. The predicted molar refractivity (Wildman–Crippen MR) is 62.6 cm³/mol. The second-order valence-electron chi connectivity index (χ2n) is 3.22. The van der Waals surface area contributed by atoms with Crippen molar-refractivity contribution < 1.29 is 5.11 Å². The lowest BCUT2D eigenvalue weighted by Crippen LogP contribution is -2.14. The molecule has 2 rings (SSSR count). The molecule has 6 heteroatoms. The van der Waals surface area contributed by atoms with Crippen molar-refractivity contribution in [3.05, 3.63) is 42.5 Å². The number of nitrogens with zero attached hydrogens (tertiary/aromatic N) is 3. The molecule has 2 aromatic rings. The Morgan fingerprint density at radius 2 is 2.00 bits per heavy atom. The number of hydrogen-bond acceptors (Lipinski definition) is 4. The number of halogens is 1. The molecule has 0 spiro atoms. The number of aromatic nitrogens is 3. The van der Waals surface area contributed by atoms with Crippen LogP contribution in [0.25, 0.3) is 5.69 Å². The smallest absolute Gasteiger partial charge is 0.138 e. The van der Waals surface area contributed by atoms with Crippen LogP contribution in [-0.4, -0.2) is 26.5 Å². The van der Waals surface area contributed by atoms with Gasteiger partial charge in [-0.1, -0.05) is 12.1 Å². The molecule has 5 nitrogen and oxygen atoms in total. The van der Waals surface area contributed by atoms with Crippen LogP contribution in [0.15, 0.2) is 36.9 Å². The van der Waals surface area contributed by atoms with E-state index in [1.54, 1.807) is 11.0 Å². The molecule has 0 bridgehead atoms. The summed E-state index contributed by atoms with van der Waals surface area (Å²) in [7, 11) is 0. The van der Waals surface area contributed by atoms with Gasteiger partial charge in [-0.2, -0.15) is 5.10 Å². The van der Waals surface area contributed by atoms with Crippen LogP contribution in [0.1, 0.15) is 11.6 Å². The zero-order chi connectivity index (χ0) is 10.7. The Kier molecular flexibility index (Phi) is 4.42. The third-order valence-corrected chi connectivity index (χ3v) is 2.20. The van der Waals surface area contributed by atoms with Crippen molar-refractivity contribution in [1.29, 1.82) is 0 Å². The van der Waals surface area contributed by atoms with E-state index in [2.05, 4.69) is 10.1 Å². The molecular formula is C10H13ClN4O. The molecule has 86 valence electrons. The molecule has 0 radical (unpaired) electrons. The van der Waals surface area contributed by atoms with E-state index in [4.69, 9.17) is 10.8 Å². The zero-order valence-electron chi connectivity index (χ0n) is 8.52. The minimum atomic E-state index is -0.324. The summed E-state index contributed by atoms with van der Waals surface area (Å²) < 4.78 is 1.66. The molecular weight excluding hydrogens is 228 g/mol. The standard InChI is InChI=1S/C10H12N4O.ClH/c11-10(5-15)8-1-3-9(4-2-8)14-7-12-6-13-14;/h1-4,6-7,10,15H,5,11H2;1H/t10-;/m0./s1. The highest BCUT2D eigenvalue weighted by molar-refractivity contribution is 5.85. The number of hydrogen-bond donors (Lipinski definition) is 2. The fraction of sp³-hybridized carbons (Fsp3) is 0.200. The lowest BCUT2D eigenvalue weighted by Gasteiger charge is -2.08. The summed E-state index contributed by atoms with van der Waals surface area (Å²) >= 11 is 0. The van der Waals surface area contributed by atoms with E-state index in [0.29, 0.717) is 0 Å². The van der Waals surface area contributed by atoms with Gasteiger partial charge in [0, 0.05) is 0 Å². The molecule has 3 N–H and O–H groups in total. The van der Waals surface area contributed by atoms with Gasteiger partial charge < -0.3 is 10.8 Å². The van der Waals surface area contributed by atoms with Gasteiger partial charge in [0.25, 0.3) is 0 Å². The van der Waals surface area contributed by atoms with E-state index in [0.717, 1.165) is 11.3 Å². The van der Waals surface area contributed by atoms with E-state index in [9.17, 15) is 0 Å². The van der Waals surface area contributed by atoms with E-state index in [1.165, 1.54) is 6.33 Å². The average Bonchev–Trinajstić information content (AvgIpc) is 2.82. The van der Waals surface area contributed by atoms with Gasteiger partial charge in [0.2, 0.25) is 0 Å². The van der Waals surface area contributed by atoms with Crippen LogP contribution in [0.5, 0.6) is 0 Å². The van der Waals surface area contributed by atoms with E-state index in [-0.39, 0.29) is 25.1 Å². The van der Waals surface area contributed by atoms with Crippen molar-refractivity contribution >= 4 is 12.4 Å². The summed E-state index contributed by atoms with van der Waals surface area (Å²) in [5.74, 6) is 0. The lowest BCUT2D eigenvalue weighted by molar-refractivity contribution is 0.268. The van der Waals surface area contributed by atoms with Crippen molar-refractivity contribution in [3.63, 3.8) is 0 Å². The Hall–Kier alpha value is -1.43. The van der Waals surface area contributed by atoms with Gasteiger partial charge in [-0.05, 0) is 17.7 Å². The summed E-state index contributed by atoms with van der Waals surface area (Å²) in [6.07, 6.45) is 3.11. The molecule has 1 aromatic carbocycles. The number of rotatable bonds is 3. The maximum Gasteiger partial charge on any atom is 0.138 e. The van der Waals surface area contributed by atoms with E-state index in [1.807, 2.05) is 24.3 Å². The van der Waals surface area contributed by atoms with Gasteiger partial charge >= 0.3 is 0 Å². The maximum atomic E-state index is 8.89. The molecule has 0 amide bonds. The van der Waals surface area contributed by atoms with Crippen LogP contribution in [0, 0.1) is 0 Å². The Morgan fingerprint density at radius 3 is 2.50 bits per heavy atom. The van der Waals surface area contributed by atoms with Crippen molar-refractivity contribution in [2.45, 2.75) is 6.04 Å². The van der Waals surface area contributed by atoms with Crippen LogP contribution in [0.2, 0.25) is 0 Å². The van der Waals surface area contributed by atoms with Gasteiger partial charge in [-0.25, -0.2) is 9.67 Å². The average molecular weight is 241 g/mol. The first-order chi connectivity index (χ1) is 7.31. The zero-order valence-corrected chi connectivity index (χ0v) is 9.34. The first kappa shape index (κ1) is 12.6. The van der Waals surface area contributed by atoms with E-state index < -0.39 is 0 Å². The molecule has 0 unspecified atom stereocenters. The van der Waals surface area contributed by atoms with Crippen LogP contribution in [0.4, 0.5) is 0 Å². The Morgan fingerprint density at radius 1 is 1.31 bits per heavy atom. The summed E-state index contributed by atoms with van der Waals surface area (Å²) in [5.41, 5.74) is 7.50. The molecule has 16 heavy (non-hydrogen) atoms. The predicted octanol–water partition coefficient (Wildman–Crippen LogP) is 0.681. The molecule has 1 aromatic heterocycles. The number of nitrogens with two attached hydrogens (primary N) is 1. The monoisotopic (exact) mass is 240 g/mol. The van der Waals surface area contributed by atoms with Crippen molar-refractivity contribution in [3.8, 4) is 5.69 Å². The highest BCUT2D eigenvalue weighted by Gasteiger charge is 2.04. The molecule has 0 saturated carbocycles. The minimum Gasteiger partial charge on any atom is -0.394 e. The van der Waals surface area contributed by atoms with Gasteiger partial charge in [0.15, 0.2) is 0 Å². The molecule has 0 saturated heterocycles. The summed E-state index contributed by atoms with van der Waals surface area (Å²) in [6.45, 7) is -0.0529. The highest BCUT2D eigenvalue weighted by atomic mass is 35.5. The fourth-order valence-corrected chi connectivity index (χ4v) is 1.32. The molecule has 0 aliphatic heterocycles. The third kappa shape index (κ3) is 2.57. The Labute approximate surface area is 99.3 Å². The highest BCUT2D eigenvalue weighted by Crippen LogP contribution is 2.12. The molecule has 1 atom stereocenters. The SMILES string of the molecule is Cl.N[C@@H](CO)c1ccc(-n2cncn2)cc1. The lowest BCUT2D eigenvalue weighted by atomic mass is 10.1. The molecule has 0 aliphatic rings. The van der Waals surface area contributed by atoms with Crippen molar-refractivity contribution in [2.24, 2.45) is 5.73 Å². The topological polar surface area (TPSA) is 77.0 Å². The maximum absolute atomic E-state index is 8.89. The van der Waals surface area contributed by atoms with Crippen LogP contribution >= 0.6 is 12.4 Å². The number of aliphatic hydroxyl groups excluding tert-OH is 1. The van der Waals surface area contributed by atoms with Crippen LogP contribution in [-0.2, 0) is 0 Å². The minimum absolute atomic E-state index is 0. The fourth-order valence-electron chi connectivity index (χ4n) is 1.32. The van der Waals surface area contributed by atoms with E-state index >= 15 is 0 Å². The summed E-state index contributed by atoms with van der Waals surface area (Å²) in [5, 5.41) is 12.9. The summed E-state index contributed by atoms with van der Waals surface area (Å²) in [6, 6.07) is 7.20. The quantitative estimate of drug-likeness (QED) is 0.827. The van der Waals surface area contributed by atoms with Crippen molar-refractivity contribution in [1.82, 2.24) is 14.8 Å². The second-order valence-corrected chi connectivity index (χ2v) is 3.22. The largest absolute Gasteiger partial charge is 0.394 e. The molecule has 0 aliphatic carbocycles. The molecule has 0 fully saturated rings. The third-order valence-electron chi connectivity index (χ3n) is 2.20. The van der Waals surface area contributed by atoms with Gasteiger partial charge in [-0.15, -0.1) is 12.4 Å².